The molecule has 84 valence electrons. The SMILES string of the molecule is Cl.NC(=NCc1cccs1)C1CCCC1. The van der Waals surface area contributed by atoms with E-state index in [2.05, 4.69) is 22.5 Å². The van der Waals surface area contributed by atoms with E-state index in [9.17, 15) is 0 Å². The van der Waals surface area contributed by atoms with Crippen molar-refractivity contribution in [3.63, 3.8) is 0 Å². The van der Waals surface area contributed by atoms with Gasteiger partial charge in [-0.05, 0) is 24.3 Å². The van der Waals surface area contributed by atoms with Gasteiger partial charge in [0.15, 0.2) is 0 Å². The van der Waals surface area contributed by atoms with Gasteiger partial charge in [0.25, 0.3) is 0 Å². The van der Waals surface area contributed by atoms with Gasteiger partial charge in [0, 0.05) is 10.8 Å². The van der Waals surface area contributed by atoms with Gasteiger partial charge in [-0.15, -0.1) is 23.7 Å². The van der Waals surface area contributed by atoms with Gasteiger partial charge in [-0.1, -0.05) is 18.9 Å². The fourth-order valence-electron chi connectivity index (χ4n) is 1.92. The first-order valence-electron chi connectivity index (χ1n) is 5.18. The van der Waals surface area contributed by atoms with Gasteiger partial charge in [-0.2, -0.15) is 0 Å². The van der Waals surface area contributed by atoms with Crippen molar-refractivity contribution in [2.24, 2.45) is 16.6 Å². The summed E-state index contributed by atoms with van der Waals surface area (Å²) in [6.07, 6.45) is 5.11. The molecule has 0 aliphatic heterocycles. The maximum atomic E-state index is 5.95. The first-order chi connectivity index (χ1) is 6.86. The summed E-state index contributed by atoms with van der Waals surface area (Å²) >= 11 is 1.74. The van der Waals surface area contributed by atoms with E-state index >= 15 is 0 Å². The van der Waals surface area contributed by atoms with Crippen molar-refractivity contribution < 1.29 is 0 Å². The Labute approximate surface area is 101 Å². The smallest absolute Gasteiger partial charge is 0.0972 e. The number of amidine groups is 1. The van der Waals surface area contributed by atoms with E-state index in [1.165, 1.54) is 30.6 Å². The summed E-state index contributed by atoms with van der Waals surface area (Å²) in [5, 5.41) is 2.08. The van der Waals surface area contributed by atoms with Crippen LogP contribution in [0.15, 0.2) is 22.5 Å². The number of aliphatic imine (C=N–C) groups is 1. The van der Waals surface area contributed by atoms with E-state index in [0.29, 0.717) is 5.92 Å². The lowest BCUT2D eigenvalue weighted by Gasteiger charge is -2.07. The molecule has 4 heteroatoms. The maximum Gasteiger partial charge on any atom is 0.0972 e. The molecule has 2 nitrogen and oxygen atoms in total. The predicted octanol–water partition coefficient (Wildman–Crippen LogP) is 3.22. The van der Waals surface area contributed by atoms with Crippen molar-refractivity contribution in [3.05, 3.63) is 22.4 Å². The standard InChI is InChI=1S/C11H16N2S.ClH/c12-11(9-4-1-2-5-9)13-8-10-6-3-7-14-10;/h3,6-7,9H,1-2,4-5,8H2,(H2,12,13);1H. The molecule has 0 radical (unpaired) electrons. The van der Waals surface area contributed by atoms with Crippen LogP contribution >= 0.6 is 23.7 Å². The lowest BCUT2D eigenvalue weighted by molar-refractivity contribution is 0.716. The van der Waals surface area contributed by atoms with Crippen molar-refractivity contribution in [2.75, 3.05) is 0 Å². The van der Waals surface area contributed by atoms with Crippen LogP contribution in [0.2, 0.25) is 0 Å². The molecule has 0 spiro atoms. The molecule has 1 heterocycles. The summed E-state index contributed by atoms with van der Waals surface area (Å²) in [5.41, 5.74) is 5.95. The van der Waals surface area contributed by atoms with Gasteiger partial charge in [-0.25, -0.2) is 0 Å². The molecule has 0 unspecified atom stereocenters. The molecule has 1 aromatic heterocycles. The lowest BCUT2D eigenvalue weighted by atomic mass is 10.1. The molecule has 1 aliphatic rings. The summed E-state index contributed by atoms with van der Waals surface area (Å²) in [4.78, 5) is 5.75. The highest BCUT2D eigenvalue weighted by Gasteiger charge is 2.18. The van der Waals surface area contributed by atoms with Gasteiger partial charge in [0.05, 0.1) is 12.4 Å². The molecule has 1 saturated carbocycles. The quantitative estimate of drug-likeness (QED) is 0.644. The number of thiophene rings is 1. The minimum absolute atomic E-state index is 0. The zero-order chi connectivity index (χ0) is 9.80. The Hall–Kier alpha value is -0.540. The molecule has 0 aromatic carbocycles. The van der Waals surface area contributed by atoms with Crippen LogP contribution in [0.1, 0.15) is 30.6 Å². The molecule has 1 aliphatic carbocycles. The Kier molecular flexibility index (Phi) is 5.12. The first kappa shape index (κ1) is 12.5. The molecule has 2 rings (SSSR count). The minimum Gasteiger partial charge on any atom is -0.387 e. The molecular formula is C11H17ClN2S. The minimum atomic E-state index is 0. The fraction of sp³-hybridized carbons (Fsp3) is 0.545. The molecule has 0 bridgehead atoms. The summed E-state index contributed by atoms with van der Waals surface area (Å²) in [6.45, 7) is 0.764. The average Bonchev–Trinajstić information content (AvgIpc) is 2.87. The number of hydrogen-bond donors (Lipinski definition) is 1. The van der Waals surface area contributed by atoms with E-state index in [1.54, 1.807) is 11.3 Å². The Balaban J connectivity index is 0.00000112. The third-order valence-corrected chi connectivity index (χ3v) is 3.63. The van der Waals surface area contributed by atoms with Gasteiger partial charge in [-0.3, -0.25) is 4.99 Å². The van der Waals surface area contributed by atoms with Gasteiger partial charge >= 0.3 is 0 Å². The number of hydrogen-bond acceptors (Lipinski definition) is 2. The highest BCUT2D eigenvalue weighted by atomic mass is 35.5. The Morgan fingerprint density at radius 3 is 2.80 bits per heavy atom. The fourth-order valence-corrected chi connectivity index (χ4v) is 2.55. The van der Waals surface area contributed by atoms with Crippen LogP contribution in [0.3, 0.4) is 0 Å². The lowest BCUT2D eigenvalue weighted by Crippen LogP contribution is -2.21. The highest BCUT2D eigenvalue weighted by Crippen LogP contribution is 2.24. The summed E-state index contributed by atoms with van der Waals surface area (Å²) in [7, 11) is 0. The van der Waals surface area contributed by atoms with Gasteiger partial charge < -0.3 is 5.73 Å². The van der Waals surface area contributed by atoms with Crippen LogP contribution in [0, 0.1) is 5.92 Å². The van der Waals surface area contributed by atoms with E-state index in [4.69, 9.17) is 5.73 Å². The van der Waals surface area contributed by atoms with Gasteiger partial charge in [0.2, 0.25) is 0 Å². The molecule has 0 saturated heterocycles. The molecule has 1 aromatic rings. The molecule has 0 atom stereocenters. The first-order valence-corrected chi connectivity index (χ1v) is 6.06. The largest absolute Gasteiger partial charge is 0.387 e. The highest BCUT2D eigenvalue weighted by molar-refractivity contribution is 7.09. The second kappa shape index (κ2) is 6.13. The third kappa shape index (κ3) is 3.50. The van der Waals surface area contributed by atoms with Crippen molar-refractivity contribution >= 4 is 29.6 Å². The summed E-state index contributed by atoms with van der Waals surface area (Å²) < 4.78 is 0. The van der Waals surface area contributed by atoms with E-state index < -0.39 is 0 Å². The predicted molar refractivity (Wildman–Crippen MR) is 68.9 cm³/mol. The second-order valence-electron chi connectivity index (χ2n) is 3.80. The van der Waals surface area contributed by atoms with Crippen LogP contribution in [0.25, 0.3) is 0 Å². The zero-order valence-corrected chi connectivity index (χ0v) is 10.3. The third-order valence-electron chi connectivity index (χ3n) is 2.77. The Morgan fingerprint density at radius 1 is 1.47 bits per heavy atom. The van der Waals surface area contributed by atoms with Crippen molar-refractivity contribution in [1.29, 1.82) is 0 Å². The number of nitrogens with zero attached hydrogens (tertiary/aromatic N) is 1. The number of nitrogens with two attached hydrogens (primary N) is 1. The summed E-state index contributed by atoms with van der Waals surface area (Å²) in [5.74, 6) is 1.44. The van der Waals surface area contributed by atoms with Crippen LogP contribution in [-0.2, 0) is 6.54 Å². The maximum absolute atomic E-state index is 5.95. The van der Waals surface area contributed by atoms with Crippen molar-refractivity contribution in [3.8, 4) is 0 Å². The molecule has 0 amide bonds. The van der Waals surface area contributed by atoms with E-state index in [1.807, 2.05) is 0 Å². The molecular weight excluding hydrogens is 228 g/mol. The van der Waals surface area contributed by atoms with Crippen LogP contribution < -0.4 is 5.73 Å². The van der Waals surface area contributed by atoms with Gasteiger partial charge in [0.1, 0.15) is 0 Å². The van der Waals surface area contributed by atoms with Crippen molar-refractivity contribution in [1.82, 2.24) is 0 Å². The number of halogens is 1. The zero-order valence-electron chi connectivity index (χ0n) is 8.69. The van der Waals surface area contributed by atoms with Crippen LogP contribution in [0.5, 0.6) is 0 Å². The number of rotatable bonds is 3. The Morgan fingerprint density at radius 2 is 2.20 bits per heavy atom. The molecule has 2 N–H and O–H groups in total. The van der Waals surface area contributed by atoms with E-state index in [0.717, 1.165) is 12.4 Å². The molecule has 1 fully saturated rings. The summed E-state index contributed by atoms with van der Waals surface area (Å²) in [6, 6.07) is 4.16. The second-order valence-corrected chi connectivity index (χ2v) is 4.83. The Bertz CT molecular complexity index is 302. The van der Waals surface area contributed by atoms with Crippen LogP contribution in [0.4, 0.5) is 0 Å². The topological polar surface area (TPSA) is 38.4 Å². The molecule has 15 heavy (non-hydrogen) atoms. The monoisotopic (exact) mass is 244 g/mol. The van der Waals surface area contributed by atoms with Crippen molar-refractivity contribution in [2.45, 2.75) is 32.2 Å². The normalized spacial score (nSPS) is 17.7. The van der Waals surface area contributed by atoms with Crippen LogP contribution in [-0.4, -0.2) is 5.84 Å². The average molecular weight is 245 g/mol. The van der Waals surface area contributed by atoms with E-state index in [-0.39, 0.29) is 12.4 Å².